The molecule has 0 saturated heterocycles. The molecule has 0 atom stereocenters. The number of benzene rings is 1. The molecule has 0 bridgehead atoms. The average Bonchev–Trinajstić information content (AvgIpc) is 3.17. The normalized spacial score (nSPS) is 12.2. The van der Waals surface area contributed by atoms with E-state index in [1.807, 2.05) is 55.6 Å². The topological polar surface area (TPSA) is 66.2 Å². The summed E-state index contributed by atoms with van der Waals surface area (Å²) in [6, 6.07) is 9.98. The summed E-state index contributed by atoms with van der Waals surface area (Å²) in [7, 11) is 1.65. The summed E-state index contributed by atoms with van der Waals surface area (Å²) in [5.74, 6) is 0.673. The molecule has 1 aromatic carbocycles. The molecule has 4 rings (SSSR count). The summed E-state index contributed by atoms with van der Waals surface area (Å²) in [5, 5.41) is 0. The Morgan fingerprint density at radius 3 is 2.54 bits per heavy atom. The Balaban J connectivity index is 1.90. The van der Waals surface area contributed by atoms with E-state index in [1.54, 1.807) is 11.4 Å². The van der Waals surface area contributed by atoms with Crippen molar-refractivity contribution in [1.29, 1.82) is 0 Å². The van der Waals surface area contributed by atoms with E-state index in [-0.39, 0.29) is 23.8 Å². The second kappa shape index (κ2) is 6.67. The summed E-state index contributed by atoms with van der Waals surface area (Å²) in [6.07, 6.45) is 5.63. The molecule has 3 aromatic heterocycles. The summed E-state index contributed by atoms with van der Waals surface area (Å²) in [6.45, 7) is 6.33. The van der Waals surface area contributed by atoms with Gasteiger partial charge in [0, 0.05) is 31.5 Å². The zero-order valence-electron chi connectivity index (χ0n) is 16.5. The largest absolute Gasteiger partial charge is 0.332 e. The lowest BCUT2D eigenvalue weighted by Gasteiger charge is -2.09. The van der Waals surface area contributed by atoms with Crippen LogP contribution >= 0.6 is 0 Å². The van der Waals surface area contributed by atoms with E-state index in [0.29, 0.717) is 16.9 Å². The highest BCUT2D eigenvalue weighted by Crippen LogP contribution is 2.20. The maximum atomic E-state index is 13.2. The fraction of sp³-hybridized carbons (Fsp3) is 0.286. The van der Waals surface area contributed by atoms with Crippen LogP contribution in [0.4, 0.5) is 0 Å². The van der Waals surface area contributed by atoms with Crippen molar-refractivity contribution >= 4 is 23.0 Å². The van der Waals surface area contributed by atoms with Gasteiger partial charge in [-0.1, -0.05) is 42.5 Å². The van der Waals surface area contributed by atoms with Gasteiger partial charge < -0.3 is 4.57 Å². The first-order chi connectivity index (χ1) is 13.4. The van der Waals surface area contributed by atoms with Crippen LogP contribution in [0.25, 0.3) is 23.0 Å². The van der Waals surface area contributed by atoms with Crippen LogP contribution in [0, 0.1) is 6.92 Å². The third-order valence-electron chi connectivity index (χ3n) is 4.98. The van der Waals surface area contributed by atoms with Gasteiger partial charge in [-0.25, -0.2) is 4.79 Å². The molecule has 0 fully saturated rings. The molecule has 0 aliphatic rings. The van der Waals surface area contributed by atoms with Gasteiger partial charge in [0.2, 0.25) is 5.78 Å². The van der Waals surface area contributed by atoms with Crippen molar-refractivity contribution in [2.24, 2.45) is 7.05 Å². The van der Waals surface area contributed by atoms with Crippen molar-refractivity contribution in [1.82, 2.24) is 23.1 Å². The Hall–Kier alpha value is -3.35. The number of fused-ring (bicyclic) bond motifs is 3. The van der Waals surface area contributed by atoms with Crippen LogP contribution in [0.2, 0.25) is 0 Å². The van der Waals surface area contributed by atoms with Crippen LogP contribution in [0.5, 0.6) is 0 Å². The molecular formula is C21H23N5O2. The van der Waals surface area contributed by atoms with Crippen LogP contribution in [0.3, 0.4) is 0 Å². The zero-order valence-corrected chi connectivity index (χ0v) is 16.5. The van der Waals surface area contributed by atoms with E-state index in [4.69, 9.17) is 0 Å². The van der Waals surface area contributed by atoms with Gasteiger partial charge in [0.15, 0.2) is 11.2 Å². The number of nitrogens with zero attached hydrogens (tertiary/aromatic N) is 5. The van der Waals surface area contributed by atoms with Crippen molar-refractivity contribution in [2.45, 2.75) is 33.4 Å². The summed E-state index contributed by atoms with van der Waals surface area (Å²) in [4.78, 5) is 30.5. The van der Waals surface area contributed by atoms with Gasteiger partial charge in [0.25, 0.3) is 5.56 Å². The molecule has 7 heteroatoms. The molecule has 0 N–H and O–H groups in total. The minimum Gasteiger partial charge on any atom is -0.312 e. The number of hydrogen-bond donors (Lipinski definition) is 0. The standard InChI is InChI=1S/C21H23N5O2/c1-14(2)26-15(3)13-25-17-18(22-20(25)26)23(4)21(28)24(19(17)27)12-8-11-16-9-6-5-7-10-16/h5-11,13-14H,12H2,1-4H3. The van der Waals surface area contributed by atoms with Gasteiger partial charge in [0.05, 0.1) is 0 Å². The van der Waals surface area contributed by atoms with Gasteiger partial charge in [-0.15, -0.1) is 0 Å². The average molecular weight is 377 g/mol. The van der Waals surface area contributed by atoms with Gasteiger partial charge in [0.1, 0.15) is 0 Å². The Morgan fingerprint density at radius 2 is 1.86 bits per heavy atom. The lowest BCUT2D eigenvalue weighted by atomic mass is 10.2. The van der Waals surface area contributed by atoms with Crippen LogP contribution in [-0.2, 0) is 13.6 Å². The van der Waals surface area contributed by atoms with Crippen molar-refractivity contribution < 1.29 is 0 Å². The summed E-state index contributed by atoms with van der Waals surface area (Å²) >= 11 is 0. The Bertz CT molecular complexity index is 1320. The third-order valence-corrected chi connectivity index (χ3v) is 4.98. The monoisotopic (exact) mass is 377 g/mol. The molecule has 0 aliphatic heterocycles. The van der Waals surface area contributed by atoms with Crippen LogP contribution in [0.1, 0.15) is 31.1 Å². The summed E-state index contributed by atoms with van der Waals surface area (Å²) < 4.78 is 6.55. The predicted octanol–water partition coefficient (Wildman–Crippen LogP) is 2.75. The van der Waals surface area contributed by atoms with E-state index in [9.17, 15) is 9.59 Å². The number of allylic oxidation sites excluding steroid dienone is 1. The van der Waals surface area contributed by atoms with Gasteiger partial charge in [-0.2, -0.15) is 4.98 Å². The number of aromatic nitrogens is 5. The van der Waals surface area contributed by atoms with Crippen molar-refractivity contribution in [2.75, 3.05) is 0 Å². The lowest BCUT2D eigenvalue weighted by Crippen LogP contribution is -2.39. The van der Waals surface area contributed by atoms with Crippen LogP contribution < -0.4 is 11.2 Å². The molecule has 7 nitrogen and oxygen atoms in total. The number of hydrogen-bond acceptors (Lipinski definition) is 3. The lowest BCUT2D eigenvalue weighted by molar-refractivity contribution is 0.601. The SMILES string of the molecule is Cc1cn2c3c(=O)n(CC=Cc4ccccc4)c(=O)n(C)c3nc2n1C(C)C. The summed E-state index contributed by atoms with van der Waals surface area (Å²) in [5.41, 5.74) is 2.16. The van der Waals surface area contributed by atoms with Gasteiger partial charge in [-0.3, -0.25) is 18.3 Å². The third kappa shape index (κ3) is 2.70. The second-order valence-corrected chi connectivity index (χ2v) is 7.26. The highest BCUT2D eigenvalue weighted by Gasteiger charge is 2.20. The smallest absolute Gasteiger partial charge is 0.312 e. The first-order valence-corrected chi connectivity index (χ1v) is 9.31. The van der Waals surface area contributed by atoms with Gasteiger partial charge >= 0.3 is 5.69 Å². The number of aryl methyl sites for hydroxylation is 2. The minimum absolute atomic E-state index is 0.197. The van der Waals surface area contributed by atoms with Crippen molar-refractivity contribution in [3.05, 3.63) is 74.7 Å². The van der Waals surface area contributed by atoms with Gasteiger partial charge in [-0.05, 0) is 26.3 Å². The fourth-order valence-electron chi connectivity index (χ4n) is 3.68. The quantitative estimate of drug-likeness (QED) is 0.549. The second-order valence-electron chi connectivity index (χ2n) is 7.26. The van der Waals surface area contributed by atoms with E-state index in [0.717, 1.165) is 11.3 Å². The fourth-order valence-corrected chi connectivity index (χ4v) is 3.68. The maximum absolute atomic E-state index is 13.2. The molecule has 0 saturated carbocycles. The first-order valence-electron chi connectivity index (χ1n) is 9.31. The molecule has 28 heavy (non-hydrogen) atoms. The molecule has 0 radical (unpaired) electrons. The van der Waals surface area contributed by atoms with Crippen LogP contribution in [0.15, 0.2) is 52.2 Å². The molecule has 0 spiro atoms. The van der Waals surface area contributed by atoms with Crippen molar-refractivity contribution in [3.63, 3.8) is 0 Å². The van der Waals surface area contributed by atoms with Crippen molar-refractivity contribution in [3.8, 4) is 0 Å². The highest BCUT2D eigenvalue weighted by atomic mass is 16.2. The molecule has 0 unspecified atom stereocenters. The van der Waals surface area contributed by atoms with Crippen LogP contribution in [-0.4, -0.2) is 23.1 Å². The minimum atomic E-state index is -0.371. The molecular weight excluding hydrogens is 354 g/mol. The Kier molecular flexibility index (Phi) is 4.30. The first kappa shape index (κ1) is 18.0. The Labute approximate surface area is 161 Å². The molecule has 3 heterocycles. The molecule has 0 amide bonds. The number of rotatable bonds is 4. The zero-order chi connectivity index (χ0) is 20.0. The maximum Gasteiger partial charge on any atom is 0.332 e. The number of imidazole rings is 2. The van der Waals surface area contributed by atoms with E-state index < -0.39 is 0 Å². The molecule has 144 valence electrons. The molecule has 4 aromatic rings. The Morgan fingerprint density at radius 1 is 1.14 bits per heavy atom. The van der Waals surface area contributed by atoms with E-state index >= 15 is 0 Å². The van der Waals surface area contributed by atoms with E-state index in [2.05, 4.69) is 23.4 Å². The highest BCUT2D eigenvalue weighted by molar-refractivity contribution is 5.75. The molecule has 0 aliphatic carbocycles. The predicted molar refractivity (Wildman–Crippen MR) is 111 cm³/mol. The van der Waals surface area contributed by atoms with E-state index in [1.165, 1.54) is 9.13 Å².